The third-order valence-corrected chi connectivity index (χ3v) is 5.21. The van der Waals surface area contributed by atoms with E-state index in [1.165, 1.54) is 24.0 Å². The molecule has 0 spiro atoms. The molecule has 136 valence electrons. The van der Waals surface area contributed by atoms with Crippen LogP contribution in [0.3, 0.4) is 0 Å². The molecule has 1 saturated carbocycles. The first kappa shape index (κ1) is 17.9. The molecule has 27 heavy (non-hydrogen) atoms. The lowest BCUT2D eigenvalue weighted by Crippen LogP contribution is -1.97. The fraction of sp³-hybridized carbons (Fsp3) is 0.200. The van der Waals surface area contributed by atoms with E-state index in [4.69, 9.17) is 16.3 Å². The highest BCUT2D eigenvalue weighted by atomic mass is 35.5. The van der Waals surface area contributed by atoms with Gasteiger partial charge in [0.25, 0.3) is 0 Å². The largest absolute Gasteiger partial charge is 0.457 e. The second kappa shape index (κ2) is 8.45. The highest BCUT2D eigenvalue weighted by molar-refractivity contribution is 6.30. The summed E-state index contributed by atoms with van der Waals surface area (Å²) >= 11 is 6.04. The van der Waals surface area contributed by atoms with Gasteiger partial charge in [-0.1, -0.05) is 66.2 Å². The van der Waals surface area contributed by atoms with Gasteiger partial charge in [-0.15, -0.1) is 0 Å². The molecule has 0 heterocycles. The number of benzene rings is 3. The first-order valence-electron chi connectivity index (χ1n) is 9.52. The van der Waals surface area contributed by atoms with Gasteiger partial charge in [-0.2, -0.15) is 0 Å². The van der Waals surface area contributed by atoms with Crippen LogP contribution in [0.5, 0.6) is 11.5 Å². The first-order chi connectivity index (χ1) is 13.3. The number of halogens is 1. The van der Waals surface area contributed by atoms with Crippen LogP contribution in [0.4, 0.5) is 0 Å². The second-order valence-corrected chi connectivity index (χ2v) is 7.55. The van der Waals surface area contributed by atoms with Crippen molar-refractivity contribution >= 4 is 11.6 Å². The standard InChI is InChI=1S/C25H23ClO/c26-22-16-14-21(15-17-22)25(20-12-13-20)11-5-7-19-6-4-10-24(18-19)27-23-8-2-1-3-9-23/h1-6,8-11,14-18,20,25H,7,12-13H2/b11-5+. The predicted octanol–water partition coefficient (Wildman–Crippen LogP) is 7.42. The number of rotatable bonds is 7. The van der Waals surface area contributed by atoms with Gasteiger partial charge in [0.05, 0.1) is 0 Å². The molecule has 3 aromatic carbocycles. The fourth-order valence-electron chi connectivity index (χ4n) is 3.39. The molecule has 0 amide bonds. The van der Waals surface area contributed by atoms with E-state index < -0.39 is 0 Å². The Morgan fingerprint density at radius 3 is 2.37 bits per heavy atom. The lowest BCUT2D eigenvalue weighted by Gasteiger charge is -2.12. The Hall–Kier alpha value is -2.51. The molecular formula is C25H23ClO. The molecule has 1 aliphatic carbocycles. The molecule has 1 unspecified atom stereocenters. The fourth-order valence-corrected chi connectivity index (χ4v) is 3.52. The van der Waals surface area contributed by atoms with Crippen LogP contribution in [-0.4, -0.2) is 0 Å². The zero-order chi connectivity index (χ0) is 18.5. The zero-order valence-electron chi connectivity index (χ0n) is 15.2. The molecule has 1 aliphatic rings. The van der Waals surface area contributed by atoms with E-state index in [9.17, 15) is 0 Å². The van der Waals surface area contributed by atoms with Gasteiger partial charge in [0.2, 0.25) is 0 Å². The van der Waals surface area contributed by atoms with Crippen molar-refractivity contribution in [3.63, 3.8) is 0 Å². The summed E-state index contributed by atoms with van der Waals surface area (Å²) in [4.78, 5) is 0. The third-order valence-electron chi connectivity index (χ3n) is 4.96. The first-order valence-corrected chi connectivity index (χ1v) is 9.90. The second-order valence-electron chi connectivity index (χ2n) is 7.11. The maximum atomic E-state index is 6.04. The molecule has 1 atom stereocenters. The van der Waals surface area contributed by atoms with Crippen molar-refractivity contribution in [3.8, 4) is 11.5 Å². The van der Waals surface area contributed by atoms with Crippen LogP contribution in [0.2, 0.25) is 5.02 Å². The summed E-state index contributed by atoms with van der Waals surface area (Å²) < 4.78 is 5.94. The monoisotopic (exact) mass is 374 g/mol. The van der Waals surface area contributed by atoms with E-state index in [-0.39, 0.29) is 0 Å². The van der Waals surface area contributed by atoms with Gasteiger partial charge < -0.3 is 4.74 Å². The number of hydrogen-bond donors (Lipinski definition) is 0. The SMILES string of the molecule is Clc1ccc(C(/C=C/Cc2cccc(Oc3ccccc3)c2)C2CC2)cc1. The molecule has 1 nitrogen and oxygen atoms in total. The van der Waals surface area contributed by atoms with Gasteiger partial charge in [0, 0.05) is 10.9 Å². The summed E-state index contributed by atoms with van der Waals surface area (Å²) in [6.07, 6.45) is 8.20. The molecular weight excluding hydrogens is 352 g/mol. The predicted molar refractivity (Wildman–Crippen MR) is 113 cm³/mol. The van der Waals surface area contributed by atoms with Gasteiger partial charge in [0.1, 0.15) is 11.5 Å². The molecule has 0 radical (unpaired) electrons. The summed E-state index contributed by atoms with van der Waals surface area (Å²) in [6, 6.07) is 26.5. The Morgan fingerprint density at radius 1 is 0.889 bits per heavy atom. The quantitative estimate of drug-likeness (QED) is 0.391. The molecule has 0 N–H and O–H groups in total. The van der Waals surface area contributed by atoms with Gasteiger partial charge in [-0.3, -0.25) is 0 Å². The molecule has 0 aliphatic heterocycles. The Labute approximate surface area is 166 Å². The molecule has 4 rings (SSSR count). The minimum absolute atomic E-state index is 0.492. The Kier molecular flexibility index (Phi) is 5.60. The summed E-state index contributed by atoms with van der Waals surface area (Å²) in [7, 11) is 0. The Morgan fingerprint density at radius 2 is 1.63 bits per heavy atom. The average Bonchev–Trinajstić information content (AvgIpc) is 3.52. The van der Waals surface area contributed by atoms with Crippen LogP contribution >= 0.6 is 11.6 Å². The summed E-state index contributed by atoms with van der Waals surface area (Å²) in [5.41, 5.74) is 2.62. The number of ether oxygens (including phenoxy) is 1. The van der Waals surface area contributed by atoms with Crippen LogP contribution in [0, 0.1) is 5.92 Å². The summed E-state index contributed by atoms with van der Waals surface area (Å²) in [5, 5.41) is 0.799. The normalized spacial score (nSPS) is 15.0. The highest BCUT2D eigenvalue weighted by Gasteiger charge is 2.30. The topological polar surface area (TPSA) is 9.23 Å². The van der Waals surface area contributed by atoms with E-state index in [1.54, 1.807) is 0 Å². The van der Waals surface area contributed by atoms with Crippen LogP contribution in [0.25, 0.3) is 0 Å². The zero-order valence-corrected chi connectivity index (χ0v) is 16.0. The minimum atomic E-state index is 0.492. The van der Waals surface area contributed by atoms with Gasteiger partial charge in [0.15, 0.2) is 0 Å². The molecule has 0 bridgehead atoms. The summed E-state index contributed by atoms with van der Waals surface area (Å²) in [5.74, 6) is 3.01. The molecule has 0 aromatic heterocycles. The van der Waals surface area contributed by atoms with Gasteiger partial charge >= 0.3 is 0 Å². The molecule has 0 saturated heterocycles. The van der Waals surface area contributed by atoms with Crippen LogP contribution < -0.4 is 4.74 Å². The van der Waals surface area contributed by atoms with E-state index in [0.29, 0.717) is 5.92 Å². The van der Waals surface area contributed by atoms with E-state index in [2.05, 4.69) is 42.5 Å². The van der Waals surface area contributed by atoms with E-state index >= 15 is 0 Å². The van der Waals surface area contributed by atoms with Crippen molar-refractivity contribution in [2.24, 2.45) is 5.92 Å². The van der Waals surface area contributed by atoms with Crippen molar-refractivity contribution in [2.75, 3.05) is 0 Å². The molecule has 1 fully saturated rings. The third kappa shape index (κ3) is 5.02. The summed E-state index contributed by atoms with van der Waals surface area (Å²) in [6.45, 7) is 0. The smallest absolute Gasteiger partial charge is 0.127 e. The molecule has 2 heteroatoms. The highest BCUT2D eigenvalue weighted by Crippen LogP contribution is 2.43. The van der Waals surface area contributed by atoms with E-state index in [1.807, 2.05) is 48.5 Å². The minimum Gasteiger partial charge on any atom is -0.457 e. The van der Waals surface area contributed by atoms with Crippen LogP contribution in [-0.2, 0) is 6.42 Å². The Balaban J connectivity index is 1.42. The maximum Gasteiger partial charge on any atom is 0.127 e. The van der Waals surface area contributed by atoms with Crippen LogP contribution in [0.1, 0.15) is 29.9 Å². The average molecular weight is 375 g/mol. The lowest BCUT2D eigenvalue weighted by molar-refractivity contribution is 0.482. The maximum absolute atomic E-state index is 6.04. The van der Waals surface area contributed by atoms with Crippen molar-refractivity contribution in [1.29, 1.82) is 0 Å². The van der Waals surface area contributed by atoms with Crippen molar-refractivity contribution in [1.82, 2.24) is 0 Å². The van der Waals surface area contributed by atoms with Gasteiger partial charge in [-0.25, -0.2) is 0 Å². The van der Waals surface area contributed by atoms with Crippen molar-refractivity contribution in [3.05, 3.63) is 107 Å². The number of para-hydroxylation sites is 1. The van der Waals surface area contributed by atoms with E-state index in [0.717, 1.165) is 28.9 Å². The Bertz CT molecular complexity index is 895. The number of allylic oxidation sites excluding steroid dienone is 2. The lowest BCUT2D eigenvalue weighted by atomic mass is 9.93. The van der Waals surface area contributed by atoms with Crippen molar-refractivity contribution < 1.29 is 4.74 Å². The molecule has 3 aromatic rings. The van der Waals surface area contributed by atoms with Crippen LogP contribution in [0.15, 0.2) is 91.0 Å². The van der Waals surface area contributed by atoms with Crippen molar-refractivity contribution in [2.45, 2.75) is 25.2 Å². The van der Waals surface area contributed by atoms with Gasteiger partial charge in [-0.05, 0) is 72.7 Å². The number of hydrogen-bond acceptors (Lipinski definition) is 1.